The number of rotatable bonds is 7. The molecule has 0 N–H and O–H groups in total. The first-order valence-corrected chi connectivity index (χ1v) is 9.39. The maximum Gasteiger partial charge on any atom is 0.371 e. The van der Waals surface area contributed by atoms with Gasteiger partial charge in [0.15, 0.2) is 0 Å². The van der Waals surface area contributed by atoms with Gasteiger partial charge < -0.3 is 18.9 Å². The highest BCUT2D eigenvalue weighted by Crippen LogP contribution is 2.20. The lowest BCUT2D eigenvalue weighted by Crippen LogP contribution is -2.34. The van der Waals surface area contributed by atoms with Crippen molar-refractivity contribution in [3.8, 4) is 11.5 Å². The predicted molar refractivity (Wildman–Crippen MR) is 113 cm³/mol. The van der Waals surface area contributed by atoms with Crippen molar-refractivity contribution in [2.24, 2.45) is 4.99 Å². The van der Waals surface area contributed by atoms with Crippen molar-refractivity contribution >= 4 is 17.7 Å². The van der Waals surface area contributed by atoms with E-state index in [4.69, 9.17) is 18.9 Å². The Hall–Kier alpha value is -3.35. The van der Waals surface area contributed by atoms with Crippen LogP contribution < -0.4 is 9.47 Å². The summed E-state index contributed by atoms with van der Waals surface area (Å²) in [7, 11) is 3.15. The number of esters is 2. The summed E-state index contributed by atoms with van der Waals surface area (Å²) in [6.45, 7) is 6.40. The molecular formula is C23H27NO6. The molecule has 0 saturated carbocycles. The van der Waals surface area contributed by atoms with E-state index < -0.39 is 23.8 Å². The van der Waals surface area contributed by atoms with Crippen LogP contribution in [0.15, 0.2) is 53.5 Å². The van der Waals surface area contributed by atoms with E-state index in [0.29, 0.717) is 28.3 Å². The summed E-state index contributed by atoms with van der Waals surface area (Å²) in [5, 5.41) is 0. The molecule has 0 aliphatic heterocycles. The van der Waals surface area contributed by atoms with Crippen LogP contribution in [0.2, 0.25) is 0 Å². The van der Waals surface area contributed by atoms with Gasteiger partial charge in [0.25, 0.3) is 6.23 Å². The molecule has 7 nitrogen and oxygen atoms in total. The van der Waals surface area contributed by atoms with Crippen molar-refractivity contribution in [2.75, 3.05) is 14.2 Å². The van der Waals surface area contributed by atoms with Gasteiger partial charge in [-0.15, -0.1) is 0 Å². The van der Waals surface area contributed by atoms with Gasteiger partial charge in [-0.1, -0.05) is 0 Å². The van der Waals surface area contributed by atoms with Crippen molar-refractivity contribution in [3.63, 3.8) is 0 Å². The molecule has 1 unspecified atom stereocenters. The summed E-state index contributed by atoms with van der Waals surface area (Å²) in [6, 6.07) is 14.4. The Labute approximate surface area is 176 Å². The van der Waals surface area contributed by atoms with Gasteiger partial charge >= 0.3 is 11.9 Å². The Morgan fingerprint density at radius 2 is 1.27 bits per heavy atom. The largest absolute Gasteiger partial charge is 0.497 e. The molecule has 0 aliphatic carbocycles. The van der Waals surface area contributed by atoms with E-state index in [-0.39, 0.29) is 0 Å². The second-order valence-corrected chi connectivity index (χ2v) is 7.43. The number of hydrogen-bond acceptors (Lipinski definition) is 7. The molecule has 0 heterocycles. The molecule has 0 aliphatic rings. The lowest BCUT2D eigenvalue weighted by molar-refractivity contribution is -0.174. The molecule has 0 bridgehead atoms. The Bertz CT molecular complexity index is 845. The standard InChI is InChI=1S/C23H27NO6/c1-15(25)29-21(22(26)30-23(2,3)4)24-20(16-7-11-18(27-5)12-8-16)17-9-13-19(28-6)14-10-17/h7-14,21H,1-6H3. The molecule has 1 atom stereocenters. The second-order valence-electron chi connectivity index (χ2n) is 7.43. The van der Waals surface area contributed by atoms with Gasteiger partial charge in [-0.25, -0.2) is 9.79 Å². The Morgan fingerprint density at radius 3 is 1.60 bits per heavy atom. The van der Waals surface area contributed by atoms with Crippen LogP contribution in [0.4, 0.5) is 0 Å². The van der Waals surface area contributed by atoms with Gasteiger partial charge in [0.1, 0.15) is 17.1 Å². The minimum absolute atomic E-state index is 0.456. The summed E-state index contributed by atoms with van der Waals surface area (Å²) in [5.74, 6) is -0.0383. The molecule has 0 aromatic heterocycles. The maximum absolute atomic E-state index is 12.6. The Balaban J connectivity index is 2.55. The average Bonchev–Trinajstić information content (AvgIpc) is 2.70. The Morgan fingerprint density at radius 1 is 0.833 bits per heavy atom. The van der Waals surface area contributed by atoms with Crippen LogP contribution in [0.5, 0.6) is 11.5 Å². The predicted octanol–water partition coefficient (Wildman–Crippen LogP) is 3.77. The van der Waals surface area contributed by atoms with Crippen molar-refractivity contribution in [2.45, 2.75) is 39.5 Å². The van der Waals surface area contributed by atoms with Crippen LogP contribution in [-0.2, 0) is 19.1 Å². The van der Waals surface area contributed by atoms with Crippen LogP contribution in [0.1, 0.15) is 38.8 Å². The summed E-state index contributed by atoms with van der Waals surface area (Å²) < 4.78 is 21.0. The normalized spacial score (nSPS) is 11.8. The first-order valence-electron chi connectivity index (χ1n) is 9.39. The zero-order valence-corrected chi connectivity index (χ0v) is 18.1. The van der Waals surface area contributed by atoms with Crippen molar-refractivity contribution in [1.82, 2.24) is 0 Å². The van der Waals surface area contributed by atoms with Gasteiger partial charge in [0.2, 0.25) is 0 Å². The molecule has 0 saturated heterocycles. The molecule has 0 radical (unpaired) electrons. The minimum Gasteiger partial charge on any atom is -0.497 e. The lowest BCUT2D eigenvalue weighted by atomic mass is 10.0. The van der Waals surface area contributed by atoms with Gasteiger partial charge in [-0.3, -0.25) is 4.79 Å². The van der Waals surface area contributed by atoms with Gasteiger partial charge in [0, 0.05) is 18.1 Å². The molecule has 160 valence electrons. The number of methoxy groups -OCH3 is 2. The summed E-state index contributed by atoms with van der Waals surface area (Å²) in [5.41, 5.74) is 1.12. The zero-order valence-electron chi connectivity index (χ0n) is 18.1. The highest BCUT2D eigenvalue weighted by molar-refractivity contribution is 6.13. The molecule has 2 aromatic rings. The highest BCUT2D eigenvalue weighted by Gasteiger charge is 2.28. The van der Waals surface area contributed by atoms with Gasteiger partial charge in [-0.05, 0) is 69.3 Å². The number of carbonyl (C=O) groups excluding carboxylic acids is 2. The fourth-order valence-corrected chi connectivity index (χ4v) is 2.57. The average molecular weight is 413 g/mol. The number of carbonyl (C=O) groups is 2. The smallest absolute Gasteiger partial charge is 0.371 e. The van der Waals surface area contributed by atoms with Crippen LogP contribution in [0.25, 0.3) is 0 Å². The third kappa shape index (κ3) is 6.62. The van der Waals surface area contributed by atoms with Crippen LogP contribution in [0.3, 0.4) is 0 Å². The monoisotopic (exact) mass is 413 g/mol. The van der Waals surface area contributed by atoms with Crippen LogP contribution >= 0.6 is 0 Å². The van der Waals surface area contributed by atoms with Crippen LogP contribution in [0, 0.1) is 0 Å². The fraction of sp³-hybridized carbons (Fsp3) is 0.348. The molecule has 0 amide bonds. The summed E-state index contributed by atoms with van der Waals surface area (Å²) in [6.07, 6.45) is -1.44. The topological polar surface area (TPSA) is 83.4 Å². The molecule has 30 heavy (non-hydrogen) atoms. The first-order chi connectivity index (χ1) is 14.1. The van der Waals surface area contributed by atoms with E-state index in [2.05, 4.69) is 4.99 Å². The minimum atomic E-state index is -1.44. The third-order valence-corrected chi connectivity index (χ3v) is 3.86. The fourth-order valence-electron chi connectivity index (χ4n) is 2.57. The third-order valence-electron chi connectivity index (χ3n) is 3.86. The number of hydrogen-bond donors (Lipinski definition) is 0. The maximum atomic E-state index is 12.6. The molecule has 0 fully saturated rings. The molecular weight excluding hydrogens is 386 g/mol. The van der Waals surface area contributed by atoms with Crippen LogP contribution in [-0.4, -0.2) is 43.7 Å². The van der Waals surface area contributed by atoms with E-state index in [9.17, 15) is 9.59 Å². The van der Waals surface area contributed by atoms with E-state index in [1.807, 2.05) is 24.3 Å². The number of nitrogens with zero attached hydrogens (tertiary/aromatic N) is 1. The number of benzene rings is 2. The molecule has 2 rings (SSSR count). The quantitative estimate of drug-likeness (QED) is 0.508. The number of aliphatic imine (C=N–C) groups is 1. The molecule has 7 heteroatoms. The summed E-state index contributed by atoms with van der Waals surface area (Å²) >= 11 is 0. The van der Waals surface area contributed by atoms with Gasteiger partial charge in [-0.2, -0.15) is 0 Å². The number of ether oxygens (including phenoxy) is 4. The van der Waals surface area contributed by atoms with Crippen molar-refractivity contribution < 1.29 is 28.5 Å². The second kappa shape index (κ2) is 9.91. The highest BCUT2D eigenvalue weighted by atomic mass is 16.6. The van der Waals surface area contributed by atoms with Crippen molar-refractivity contribution in [1.29, 1.82) is 0 Å². The van der Waals surface area contributed by atoms with Gasteiger partial charge in [0.05, 0.1) is 19.9 Å². The van der Waals surface area contributed by atoms with E-state index in [1.54, 1.807) is 59.3 Å². The Kier molecular flexibility index (Phi) is 7.58. The first kappa shape index (κ1) is 22.9. The van der Waals surface area contributed by atoms with Crippen molar-refractivity contribution in [3.05, 3.63) is 59.7 Å². The summed E-state index contributed by atoms with van der Waals surface area (Å²) in [4.78, 5) is 28.7. The van der Waals surface area contributed by atoms with E-state index in [1.165, 1.54) is 6.92 Å². The van der Waals surface area contributed by atoms with E-state index in [0.717, 1.165) is 0 Å². The molecule has 0 spiro atoms. The zero-order chi connectivity index (χ0) is 22.3. The lowest BCUT2D eigenvalue weighted by Gasteiger charge is -2.22. The molecule has 2 aromatic carbocycles. The van der Waals surface area contributed by atoms with E-state index >= 15 is 0 Å². The SMILES string of the molecule is COc1ccc(C(=NC(OC(C)=O)C(=O)OC(C)(C)C)c2ccc(OC)cc2)cc1.